The van der Waals surface area contributed by atoms with Gasteiger partial charge in [-0.05, 0) is 122 Å². The van der Waals surface area contributed by atoms with Crippen molar-refractivity contribution in [2.75, 3.05) is 13.2 Å². The van der Waals surface area contributed by atoms with Gasteiger partial charge in [0.1, 0.15) is 13.2 Å². The zero-order valence-electron chi connectivity index (χ0n) is 51.2. The van der Waals surface area contributed by atoms with Crippen molar-refractivity contribution in [3.8, 4) is 0 Å². The zero-order chi connectivity index (χ0) is 56.4. The minimum absolute atomic E-state index is 0.0843. The number of carbonyl (C=O) groups is 3. The Balaban J connectivity index is 4.20. The largest absolute Gasteiger partial charge is 0.462 e. The molecule has 446 valence electrons. The van der Waals surface area contributed by atoms with Crippen LogP contribution in [-0.2, 0) is 28.6 Å². The van der Waals surface area contributed by atoms with E-state index in [1.807, 2.05) is 0 Å². The molecule has 6 nitrogen and oxygen atoms in total. The van der Waals surface area contributed by atoms with Gasteiger partial charge in [0.25, 0.3) is 0 Å². The number of esters is 3. The smallest absolute Gasteiger partial charge is 0.306 e. The van der Waals surface area contributed by atoms with E-state index in [9.17, 15) is 14.4 Å². The Labute approximate surface area is 482 Å². The maximum atomic E-state index is 12.9. The lowest BCUT2D eigenvalue weighted by Crippen LogP contribution is -2.30. The summed E-state index contributed by atoms with van der Waals surface area (Å²) in [6.45, 7) is 6.49. The molecule has 0 N–H and O–H groups in total. The monoisotopic (exact) mass is 1080 g/mol. The van der Waals surface area contributed by atoms with Crippen molar-refractivity contribution in [1.82, 2.24) is 0 Å². The van der Waals surface area contributed by atoms with Crippen molar-refractivity contribution in [3.05, 3.63) is 109 Å². The lowest BCUT2D eigenvalue weighted by molar-refractivity contribution is -0.167. The van der Waals surface area contributed by atoms with E-state index >= 15 is 0 Å². The van der Waals surface area contributed by atoms with E-state index in [2.05, 4.69) is 130 Å². The molecule has 0 spiro atoms. The predicted octanol–water partition coefficient (Wildman–Crippen LogP) is 22.6. The van der Waals surface area contributed by atoms with Crippen LogP contribution < -0.4 is 0 Å². The third-order valence-electron chi connectivity index (χ3n) is 14.0. The maximum absolute atomic E-state index is 12.9. The van der Waals surface area contributed by atoms with Gasteiger partial charge in [-0.15, -0.1) is 0 Å². The standard InChI is InChI=1S/C72H122O6/c1-4-7-10-13-16-19-22-24-26-28-29-30-31-32-33-34-35-36-37-38-39-40-41-42-43-44-46-47-50-53-56-59-62-65-71(74)77-68-69(67-76-70(73)64-61-58-55-52-49-21-18-15-12-9-6-3)78-72(75)66-63-60-57-54-51-48-45-27-25-23-20-17-14-11-8-5-2/h7,10,15-16,18-19,24,26-27,29-30,32-33,35-36,38-39,45,69H,4-6,8-9,11-14,17,20-23,25,28,31,34,37,40-44,46-68H2,1-3H3/b10-7-,18-15-,19-16-,26-24-,30-29-,33-32-,36-35-,39-38-,45-27-. The van der Waals surface area contributed by atoms with Crippen LogP contribution in [0.2, 0.25) is 0 Å². The lowest BCUT2D eigenvalue weighted by atomic mass is 10.0. The van der Waals surface area contributed by atoms with Gasteiger partial charge < -0.3 is 14.2 Å². The highest BCUT2D eigenvalue weighted by Gasteiger charge is 2.19. The van der Waals surface area contributed by atoms with Gasteiger partial charge in [-0.2, -0.15) is 0 Å². The number of rotatable bonds is 59. The molecule has 1 unspecified atom stereocenters. The molecule has 0 saturated carbocycles. The molecule has 78 heavy (non-hydrogen) atoms. The molecule has 0 aliphatic carbocycles. The molecule has 0 amide bonds. The summed E-state index contributed by atoms with van der Waals surface area (Å²) in [6, 6.07) is 0. The molecule has 0 bridgehead atoms. The molecule has 6 heteroatoms. The van der Waals surface area contributed by atoms with E-state index in [0.717, 1.165) is 122 Å². The van der Waals surface area contributed by atoms with E-state index in [1.165, 1.54) is 148 Å². The van der Waals surface area contributed by atoms with Gasteiger partial charge in [0, 0.05) is 19.3 Å². The van der Waals surface area contributed by atoms with E-state index in [-0.39, 0.29) is 31.1 Å². The van der Waals surface area contributed by atoms with Crippen molar-refractivity contribution < 1.29 is 28.6 Å². The molecule has 0 aliphatic heterocycles. The van der Waals surface area contributed by atoms with Crippen LogP contribution in [0.5, 0.6) is 0 Å². The first kappa shape index (κ1) is 74.1. The second-order valence-electron chi connectivity index (χ2n) is 21.6. The minimum Gasteiger partial charge on any atom is -0.462 e. The molecule has 0 heterocycles. The molecule has 0 radical (unpaired) electrons. The average Bonchev–Trinajstić information content (AvgIpc) is 3.44. The second kappa shape index (κ2) is 65.6. The molecule has 0 aromatic heterocycles. The third-order valence-corrected chi connectivity index (χ3v) is 14.0. The Kier molecular flexibility index (Phi) is 62.3. The van der Waals surface area contributed by atoms with Crippen LogP contribution in [0.1, 0.15) is 310 Å². The fourth-order valence-corrected chi connectivity index (χ4v) is 9.05. The molecule has 0 rings (SSSR count). The normalized spacial score (nSPS) is 12.8. The van der Waals surface area contributed by atoms with Crippen LogP contribution >= 0.6 is 0 Å². The summed E-state index contributed by atoms with van der Waals surface area (Å²) in [6.07, 6.45) is 89.6. The number of hydrogen-bond donors (Lipinski definition) is 0. The van der Waals surface area contributed by atoms with Crippen molar-refractivity contribution >= 4 is 17.9 Å². The fraction of sp³-hybridized carbons (Fsp3) is 0.708. The van der Waals surface area contributed by atoms with Gasteiger partial charge in [-0.1, -0.05) is 278 Å². The number of carbonyl (C=O) groups excluding carboxylic acids is 3. The molecule has 1 atom stereocenters. The zero-order valence-corrected chi connectivity index (χ0v) is 51.2. The van der Waals surface area contributed by atoms with E-state index in [4.69, 9.17) is 14.2 Å². The molecule has 0 aliphatic rings. The number of unbranched alkanes of at least 4 members (excludes halogenated alkanes) is 30. The third kappa shape index (κ3) is 62.9. The minimum atomic E-state index is -0.787. The maximum Gasteiger partial charge on any atom is 0.306 e. The average molecular weight is 1080 g/mol. The SMILES string of the molecule is CC/C=C\C/C=C\C/C=C\C/C=C\C/C=C\C/C=C\C/C=C\CCCCCCCCCCCCCC(=O)OCC(COC(=O)CCCCCCC/C=C\CCCC)OC(=O)CCCCCCC/C=C\CCCCCCCCC. The summed E-state index contributed by atoms with van der Waals surface area (Å²) in [5.41, 5.74) is 0. The van der Waals surface area contributed by atoms with Gasteiger partial charge in [0.2, 0.25) is 0 Å². The van der Waals surface area contributed by atoms with Crippen LogP contribution in [-0.4, -0.2) is 37.2 Å². The second-order valence-corrected chi connectivity index (χ2v) is 21.6. The van der Waals surface area contributed by atoms with Crippen molar-refractivity contribution in [2.45, 2.75) is 316 Å². The van der Waals surface area contributed by atoms with Gasteiger partial charge in [-0.3, -0.25) is 14.4 Å². The molecule has 0 fully saturated rings. The Bertz CT molecular complexity index is 1570. The molecule has 0 aromatic rings. The Morgan fingerprint density at radius 3 is 0.833 bits per heavy atom. The van der Waals surface area contributed by atoms with E-state index < -0.39 is 6.10 Å². The van der Waals surface area contributed by atoms with Crippen LogP contribution in [0.25, 0.3) is 0 Å². The topological polar surface area (TPSA) is 78.9 Å². The Hall–Kier alpha value is -3.93. The van der Waals surface area contributed by atoms with Crippen LogP contribution in [0.15, 0.2) is 109 Å². The summed E-state index contributed by atoms with van der Waals surface area (Å²) in [4.78, 5) is 38.2. The number of ether oxygens (including phenoxy) is 3. The first-order chi connectivity index (χ1) is 38.5. The first-order valence-electron chi connectivity index (χ1n) is 32.9. The quantitative estimate of drug-likeness (QED) is 0.0261. The van der Waals surface area contributed by atoms with Gasteiger partial charge in [0.15, 0.2) is 6.10 Å². The van der Waals surface area contributed by atoms with Crippen LogP contribution in [0, 0.1) is 0 Å². The summed E-state index contributed by atoms with van der Waals surface area (Å²) >= 11 is 0. The van der Waals surface area contributed by atoms with Gasteiger partial charge >= 0.3 is 17.9 Å². The highest BCUT2D eigenvalue weighted by molar-refractivity contribution is 5.71. The highest BCUT2D eigenvalue weighted by atomic mass is 16.6. The van der Waals surface area contributed by atoms with Crippen molar-refractivity contribution in [1.29, 1.82) is 0 Å². The number of allylic oxidation sites excluding steroid dienone is 18. The lowest BCUT2D eigenvalue weighted by Gasteiger charge is -2.18. The van der Waals surface area contributed by atoms with Crippen LogP contribution in [0.4, 0.5) is 0 Å². The predicted molar refractivity (Wildman–Crippen MR) is 339 cm³/mol. The van der Waals surface area contributed by atoms with Gasteiger partial charge in [0.05, 0.1) is 0 Å². The summed E-state index contributed by atoms with van der Waals surface area (Å²) in [5, 5.41) is 0. The number of hydrogen-bond acceptors (Lipinski definition) is 6. The highest BCUT2D eigenvalue weighted by Crippen LogP contribution is 2.16. The van der Waals surface area contributed by atoms with E-state index in [1.54, 1.807) is 0 Å². The van der Waals surface area contributed by atoms with Crippen molar-refractivity contribution in [3.63, 3.8) is 0 Å². The molecule has 0 aromatic carbocycles. The molecular weight excluding hydrogens is 961 g/mol. The fourth-order valence-electron chi connectivity index (χ4n) is 9.05. The Morgan fingerprint density at radius 1 is 0.269 bits per heavy atom. The summed E-state index contributed by atoms with van der Waals surface area (Å²) in [7, 11) is 0. The van der Waals surface area contributed by atoms with E-state index in [0.29, 0.717) is 19.3 Å². The van der Waals surface area contributed by atoms with Crippen molar-refractivity contribution in [2.24, 2.45) is 0 Å². The summed E-state index contributed by atoms with van der Waals surface area (Å²) in [5.74, 6) is -0.898. The summed E-state index contributed by atoms with van der Waals surface area (Å²) < 4.78 is 16.9. The van der Waals surface area contributed by atoms with Crippen LogP contribution in [0.3, 0.4) is 0 Å². The molecule has 0 saturated heterocycles. The Morgan fingerprint density at radius 2 is 0.513 bits per heavy atom. The molecular formula is C72H122O6. The first-order valence-corrected chi connectivity index (χ1v) is 32.9. The van der Waals surface area contributed by atoms with Gasteiger partial charge in [-0.25, -0.2) is 0 Å².